The maximum absolute atomic E-state index is 2.27. The zero-order valence-electron chi connectivity index (χ0n) is 6.59. The Morgan fingerprint density at radius 1 is 1.27 bits per heavy atom. The quantitative estimate of drug-likeness (QED) is 0.522. The van der Waals surface area contributed by atoms with Crippen LogP contribution in [0.25, 0.3) is 5.57 Å². The third-order valence-corrected chi connectivity index (χ3v) is 2.91. The molecule has 0 nitrogen and oxygen atoms in total. The Hall–Kier alpha value is -1.04. The van der Waals surface area contributed by atoms with Crippen LogP contribution in [0.1, 0.15) is 30.4 Å². The van der Waals surface area contributed by atoms with Gasteiger partial charge in [-0.1, -0.05) is 29.8 Å². The summed E-state index contributed by atoms with van der Waals surface area (Å²) in [6.07, 6.45) is 1.34. The van der Waals surface area contributed by atoms with Gasteiger partial charge < -0.3 is 0 Å². The number of hydrogen-bond donors (Lipinski definition) is 0. The average molecular weight is 142 g/mol. The highest BCUT2D eigenvalue weighted by Gasteiger charge is 2.40. The van der Waals surface area contributed by atoms with Crippen LogP contribution < -0.4 is 0 Å². The summed E-state index contributed by atoms with van der Waals surface area (Å²) in [7, 11) is 0. The van der Waals surface area contributed by atoms with Crippen molar-refractivity contribution in [2.45, 2.75) is 19.3 Å². The van der Waals surface area contributed by atoms with Crippen LogP contribution in [0.3, 0.4) is 0 Å². The van der Waals surface area contributed by atoms with Crippen LogP contribution in [0, 0.1) is 0 Å². The Morgan fingerprint density at radius 2 is 2.09 bits per heavy atom. The Balaban J connectivity index is 2.33. The number of benzene rings is 1. The van der Waals surface area contributed by atoms with Gasteiger partial charge in [0.1, 0.15) is 0 Å². The van der Waals surface area contributed by atoms with E-state index in [9.17, 15) is 0 Å². The normalized spacial score (nSPS) is 25.0. The molecule has 0 radical (unpaired) electrons. The smallest absolute Gasteiger partial charge is 0.00980 e. The summed E-state index contributed by atoms with van der Waals surface area (Å²) in [5, 5.41) is 0. The van der Waals surface area contributed by atoms with E-state index in [1.54, 1.807) is 16.7 Å². The summed E-state index contributed by atoms with van der Waals surface area (Å²) in [4.78, 5) is 0. The van der Waals surface area contributed by atoms with Gasteiger partial charge in [0.05, 0.1) is 0 Å². The summed E-state index contributed by atoms with van der Waals surface area (Å²) in [6.45, 7) is 2.25. The SMILES string of the molecule is CC1=C2CC2c2ccccc21. The molecule has 0 saturated heterocycles. The molecule has 1 saturated carbocycles. The van der Waals surface area contributed by atoms with Crippen molar-refractivity contribution < 1.29 is 0 Å². The van der Waals surface area contributed by atoms with Gasteiger partial charge in [0.25, 0.3) is 0 Å². The van der Waals surface area contributed by atoms with Crippen LogP contribution in [-0.4, -0.2) is 0 Å². The van der Waals surface area contributed by atoms with Crippen molar-refractivity contribution in [3.8, 4) is 0 Å². The second kappa shape index (κ2) is 1.58. The molecule has 0 heterocycles. The Labute approximate surface area is 66.6 Å². The summed E-state index contributed by atoms with van der Waals surface area (Å²) in [5.74, 6) is 0.825. The average Bonchev–Trinajstić information content (AvgIpc) is 2.78. The van der Waals surface area contributed by atoms with Crippen molar-refractivity contribution in [2.24, 2.45) is 0 Å². The van der Waals surface area contributed by atoms with Gasteiger partial charge in [0, 0.05) is 5.92 Å². The van der Waals surface area contributed by atoms with E-state index in [1.165, 1.54) is 12.0 Å². The van der Waals surface area contributed by atoms with Crippen LogP contribution in [0.5, 0.6) is 0 Å². The highest BCUT2D eigenvalue weighted by molar-refractivity contribution is 5.82. The van der Waals surface area contributed by atoms with E-state index in [1.807, 2.05) is 0 Å². The van der Waals surface area contributed by atoms with Crippen LogP contribution in [-0.2, 0) is 0 Å². The largest absolute Gasteiger partial charge is 0.0619 e. The first-order chi connectivity index (χ1) is 5.38. The molecular weight excluding hydrogens is 132 g/mol. The third kappa shape index (κ3) is 0.555. The molecule has 2 aliphatic rings. The van der Waals surface area contributed by atoms with E-state index in [0.29, 0.717) is 0 Å². The Morgan fingerprint density at radius 3 is 2.91 bits per heavy atom. The minimum absolute atomic E-state index is 0.825. The summed E-state index contributed by atoms with van der Waals surface area (Å²) < 4.78 is 0. The molecule has 1 unspecified atom stereocenters. The molecule has 2 aliphatic carbocycles. The minimum atomic E-state index is 0.825. The first-order valence-corrected chi connectivity index (χ1v) is 4.17. The standard InChI is InChI=1S/C11H10/c1-7-8-4-2-3-5-9(8)11-6-10(7)11/h2-5,11H,6H2,1H3. The van der Waals surface area contributed by atoms with E-state index in [4.69, 9.17) is 0 Å². The van der Waals surface area contributed by atoms with Gasteiger partial charge in [0.15, 0.2) is 0 Å². The van der Waals surface area contributed by atoms with E-state index >= 15 is 0 Å². The van der Waals surface area contributed by atoms with Gasteiger partial charge in [-0.2, -0.15) is 0 Å². The highest BCUT2D eigenvalue weighted by atomic mass is 14.4. The lowest BCUT2D eigenvalue weighted by atomic mass is 10.0. The topological polar surface area (TPSA) is 0 Å². The lowest BCUT2D eigenvalue weighted by Gasteiger charge is -2.01. The Kier molecular flexibility index (Phi) is 0.803. The predicted octanol–water partition coefficient (Wildman–Crippen LogP) is 2.96. The Bertz CT molecular complexity index is 358. The molecule has 11 heavy (non-hydrogen) atoms. The first kappa shape index (κ1) is 5.59. The van der Waals surface area contributed by atoms with Gasteiger partial charge in [-0.25, -0.2) is 0 Å². The zero-order chi connectivity index (χ0) is 7.42. The molecule has 1 aromatic rings. The monoisotopic (exact) mass is 142 g/mol. The molecule has 0 aromatic heterocycles. The summed E-state index contributed by atoms with van der Waals surface area (Å²) in [5.41, 5.74) is 6.30. The van der Waals surface area contributed by atoms with Gasteiger partial charge in [-0.05, 0) is 30.0 Å². The minimum Gasteiger partial charge on any atom is -0.0619 e. The fraction of sp³-hybridized carbons (Fsp3) is 0.273. The number of rotatable bonds is 0. The molecule has 0 spiro atoms. The predicted molar refractivity (Wildman–Crippen MR) is 46.4 cm³/mol. The van der Waals surface area contributed by atoms with Crippen LogP contribution in [0.4, 0.5) is 0 Å². The van der Waals surface area contributed by atoms with Gasteiger partial charge in [-0.3, -0.25) is 0 Å². The lowest BCUT2D eigenvalue weighted by Crippen LogP contribution is -1.82. The number of fused-ring (bicyclic) bond motifs is 3. The molecule has 0 N–H and O–H groups in total. The van der Waals surface area contributed by atoms with Gasteiger partial charge >= 0.3 is 0 Å². The second-order valence-electron chi connectivity index (χ2n) is 3.49. The summed E-state index contributed by atoms with van der Waals surface area (Å²) in [6, 6.07) is 8.79. The van der Waals surface area contributed by atoms with Crippen molar-refractivity contribution in [1.29, 1.82) is 0 Å². The fourth-order valence-electron chi connectivity index (χ4n) is 2.19. The molecule has 0 bridgehead atoms. The van der Waals surface area contributed by atoms with Crippen molar-refractivity contribution in [3.63, 3.8) is 0 Å². The molecule has 0 amide bonds. The van der Waals surface area contributed by atoms with E-state index in [-0.39, 0.29) is 0 Å². The molecule has 0 aliphatic heterocycles. The molecule has 0 heteroatoms. The van der Waals surface area contributed by atoms with Crippen LogP contribution in [0.15, 0.2) is 29.8 Å². The van der Waals surface area contributed by atoms with Crippen molar-refractivity contribution in [1.82, 2.24) is 0 Å². The number of hydrogen-bond acceptors (Lipinski definition) is 0. The first-order valence-electron chi connectivity index (χ1n) is 4.17. The van der Waals surface area contributed by atoms with Gasteiger partial charge in [-0.15, -0.1) is 0 Å². The fourth-order valence-corrected chi connectivity index (χ4v) is 2.19. The van der Waals surface area contributed by atoms with E-state index in [0.717, 1.165) is 5.92 Å². The van der Waals surface area contributed by atoms with Crippen molar-refractivity contribution >= 4 is 5.57 Å². The molecular formula is C11H10. The number of allylic oxidation sites excluding steroid dienone is 2. The molecule has 1 fully saturated rings. The van der Waals surface area contributed by atoms with E-state index in [2.05, 4.69) is 31.2 Å². The molecule has 1 atom stereocenters. The molecule has 3 rings (SSSR count). The highest BCUT2D eigenvalue weighted by Crippen LogP contribution is 2.57. The molecule has 54 valence electrons. The molecule has 1 aromatic carbocycles. The lowest BCUT2D eigenvalue weighted by molar-refractivity contribution is 1.16. The second-order valence-corrected chi connectivity index (χ2v) is 3.49. The maximum Gasteiger partial charge on any atom is 0.00980 e. The van der Waals surface area contributed by atoms with Crippen LogP contribution >= 0.6 is 0 Å². The van der Waals surface area contributed by atoms with Crippen molar-refractivity contribution in [2.75, 3.05) is 0 Å². The zero-order valence-corrected chi connectivity index (χ0v) is 6.59. The van der Waals surface area contributed by atoms with E-state index < -0.39 is 0 Å². The third-order valence-electron chi connectivity index (χ3n) is 2.91. The van der Waals surface area contributed by atoms with Gasteiger partial charge in [0.2, 0.25) is 0 Å². The maximum atomic E-state index is 2.27. The van der Waals surface area contributed by atoms with Crippen molar-refractivity contribution in [3.05, 3.63) is 41.0 Å². The summed E-state index contributed by atoms with van der Waals surface area (Å²) >= 11 is 0. The van der Waals surface area contributed by atoms with Crippen LogP contribution in [0.2, 0.25) is 0 Å².